The highest BCUT2D eigenvalue weighted by Crippen LogP contribution is 2.57. The Bertz CT molecular complexity index is 2710. The normalized spacial score (nSPS) is 25.0. The fraction of sp³-hybridized carbons (Fsp3) is 0.568. The van der Waals surface area contributed by atoms with Crippen LogP contribution in [0.2, 0.25) is 0 Å². The predicted molar refractivity (Wildman–Crippen MR) is 233 cm³/mol. The Morgan fingerprint density at radius 2 is 1.26 bits per heavy atom. The lowest BCUT2D eigenvalue weighted by Crippen LogP contribution is -2.34. The highest BCUT2D eigenvalue weighted by molar-refractivity contribution is 7.48. The average Bonchev–Trinajstić information content (AvgIpc) is 4.05. The number of aliphatic hydroxyl groups is 1. The van der Waals surface area contributed by atoms with Gasteiger partial charge in [-0.15, -0.1) is 6.58 Å². The number of ether oxygens (including phenoxy) is 2. The maximum Gasteiger partial charge on any atom is 0.475 e. The number of phosphoric acid groups is 2. The molecule has 66 heavy (non-hydrogen) atoms. The number of hydrogen-bond acceptors (Lipinski definition) is 21. The number of aliphatic hydroxyl groups excluding tert-OH is 1. The van der Waals surface area contributed by atoms with Crippen molar-refractivity contribution in [3.63, 3.8) is 0 Å². The lowest BCUT2D eigenvalue weighted by Gasteiger charge is -2.28. The standard InChI is InChI=1S/C37H50N14O13P2/c1-8-13-57-65(55,58-14-9-11-38)64-29-23(3)35(51-21-41-27-31(51)45-37(47-33(27)54)43-19-49(6)7)62-25(29)17-60-66(56,59-15-10-12-39)63-28-22(2)34(61-24(28)16-52)50-20-40-26-30(50)44-36(46-32(26)53)42-18-48(4)5/h8,18-25,28-29,34-35,52H,1,9-10,13-17H2,2-7H3,(H,44,46,53)(H,45,47,54)/b42-18-,43-19-/t22-,23-,24+,25+,28?,29?,34+,35+,65?,66?/m0/s1. The quantitative estimate of drug-likeness (QED) is 0.0316. The van der Waals surface area contributed by atoms with Gasteiger partial charge in [-0.25, -0.2) is 29.1 Å². The molecule has 4 aromatic heterocycles. The lowest BCUT2D eigenvalue weighted by molar-refractivity contribution is -0.0589. The summed E-state index contributed by atoms with van der Waals surface area (Å²) in [4.78, 5) is 60.1. The molecule has 2 fully saturated rings. The topological polar surface area (TPSA) is 334 Å². The van der Waals surface area contributed by atoms with Crippen molar-refractivity contribution in [2.75, 3.05) is 61.2 Å². The molecule has 2 aliphatic heterocycles. The highest BCUT2D eigenvalue weighted by Gasteiger charge is 2.52. The molecule has 4 aromatic rings. The summed E-state index contributed by atoms with van der Waals surface area (Å²) >= 11 is 0. The minimum Gasteiger partial charge on any atom is -0.394 e. The first-order chi connectivity index (χ1) is 31.5. The number of rotatable bonds is 23. The van der Waals surface area contributed by atoms with Gasteiger partial charge in [0.2, 0.25) is 11.9 Å². The first-order valence-electron chi connectivity index (χ1n) is 20.3. The van der Waals surface area contributed by atoms with Crippen LogP contribution >= 0.6 is 15.6 Å². The van der Waals surface area contributed by atoms with E-state index in [9.17, 15) is 29.1 Å². The molecule has 27 nitrogen and oxygen atoms in total. The molecular formula is C37H50N14O13P2. The van der Waals surface area contributed by atoms with E-state index in [2.05, 4.69) is 46.5 Å². The van der Waals surface area contributed by atoms with E-state index in [1.807, 2.05) is 12.1 Å². The van der Waals surface area contributed by atoms with Crippen molar-refractivity contribution in [3.05, 3.63) is 46.0 Å². The molecule has 2 aliphatic rings. The molecular weight excluding hydrogens is 910 g/mol. The maximum atomic E-state index is 14.8. The van der Waals surface area contributed by atoms with Crippen molar-refractivity contribution in [1.29, 1.82) is 10.5 Å². The van der Waals surface area contributed by atoms with Crippen LogP contribution in [0.1, 0.15) is 39.1 Å². The van der Waals surface area contributed by atoms with Gasteiger partial charge in [0.15, 0.2) is 22.3 Å². The van der Waals surface area contributed by atoms with Crippen molar-refractivity contribution >= 4 is 62.5 Å². The van der Waals surface area contributed by atoms with Gasteiger partial charge in [0.1, 0.15) is 36.9 Å². The second-order valence-corrected chi connectivity index (χ2v) is 18.5. The second kappa shape index (κ2) is 21.8. The number of nitriles is 2. The number of H-pyrrole nitrogens is 2. The third-order valence-corrected chi connectivity index (χ3v) is 12.8. The number of aromatic nitrogens is 8. The van der Waals surface area contributed by atoms with Crippen molar-refractivity contribution in [2.24, 2.45) is 21.8 Å². The molecule has 0 saturated carbocycles. The van der Waals surface area contributed by atoms with E-state index in [1.54, 1.807) is 51.8 Å². The summed E-state index contributed by atoms with van der Waals surface area (Å²) in [6, 6.07) is 3.79. The van der Waals surface area contributed by atoms with Gasteiger partial charge < -0.3 is 24.4 Å². The molecule has 29 heteroatoms. The largest absolute Gasteiger partial charge is 0.475 e. The molecule has 0 amide bonds. The number of nitrogens with one attached hydrogen (secondary N) is 2. The molecule has 6 heterocycles. The van der Waals surface area contributed by atoms with E-state index in [1.165, 1.54) is 40.5 Å². The van der Waals surface area contributed by atoms with E-state index in [4.69, 9.17) is 41.9 Å². The fourth-order valence-electron chi connectivity index (χ4n) is 6.88. The Balaban J connectivity index is 1.32. The first-order valence-corrected chi connectivity index (χ1v) is 23.2. The summed E-state index contributed by atoms with van der Waals surface area (Å²) < 4.78 is 79.2. The van der Waals surface area contributed by atoms with Crippen molar-refractivity contribution < 1.29 is 50.9 Å². The van der Waals surface area contributed by atoms with Crippen molar-refractivity contribution in [1.82, 2.24) is 48.8 Å². The van der Waals surface area contributed by atoms with Gasteiger partial charge in [-0.2, -0.15) is 20.5 Å². The molecule has 3 N–H and O–H groups in total. The zero-order chi connectivity index (χ0) is 47.8. The van der Waals surface area contributed by atoms with Gasteiger partial charge in [0.05, 0.1) is 83.3 Å². The zero-order valence-electron chi connectivity index (χ0n) is 36.8. The fourth-order valence-corrected chi connectivity index (χ4v) is 9.77. The molecule has 4 unspecified atom stereocenters. The zero-order valence-corrected chi connectivity index (χ0v) is 38.6. The second-order valence-electron chi connectivity index (χ2n) is 15.3. The van der Waals surface area contributed by atoms with Gasteiger partial charge in [-0.3, -0.25) is 55.8 Å². The number of aromatic amines is 2. The van der Waals surface area contributed by atoms with E-state index in [0.29, 0.717) is 0 Å². The molecule has 0 bridgehead atoms. The van der Waals surface area contributed by atoms with Gasteiger partial charge in [0, 0.05) is 40.0 Å². The number of phosphoric ester groups is 2. The third kappa shape index (κ3) is 11.5. The van der Waals surface area contributed by atoms with Crippen LogP contribution in [0.15, 0.2) is 44.9 Å². The molecule has 356 valence electrons. The van der Waals surface area contributed by atoms with Crippen LogP contribution in [0.5, 0.6) is 0 Å². The Morgan fingerprint density at radius 3 is 1.70 bits per heavy atom. The minimum atomic E-state index is -4.78. The minimum absolute atomic E-state index is 0.0145. The molecule has 0 aromatic carbocycles. The maximum absolute atomic E-state index is 14.8. The lowest BCUT2D eigenvalue weighted by atomic mass is 10.0. The summed E-state index contributed by atoms with van der Waals surface area (Å²) in [5.41, 5.74) is -1.07. The Kier molecular flexibility index (Phi) is 16.5. The van der Waals surface area contributed by atoms with Gasteiger partial charge in [-0.05, 0) is 0 Å². The molecule has 0 radical (unpaired) electrons. The average molecular weight is 961 g/mol. The van der Waals surface area contributed by atoms with E-state index >= 15 is 0 Å². The summed E-state index contributed by atoms with van der Waals surface area (Å²) in [5.74, 6) is -1.63. The highest BCUT2D eigenvalue weighted by atomic mass is 31.2. The summed E-state index contributed by atoms with van der Waals surface area (Å²) in [6.07, 6.45) is -0.563. The summed E-state index contributed by atoms with van der Waals surface area (Å²) in [7, 11) is -2.35. The molecule has 0 aliphatic carbocycles. The third-order valence-electron chi connectivity index (χ3n) is 9.86. The van der Waals surface area contributed by atoms with Gasteiger partial charge in [0.25, 0.3) is 11.1 Å². The van der Waals surface area contributed by atoms with Crippen LogP contribution < -0.4 is 11.1 Å². The SMILES string of the molecule is C=CCOP(=O)(OCCC#N)OC1[C@@H](COP(=O)(OCCC#N)OC2[C@@H](CO)O[C@@H](n3cnc4c(=O)[nH]c(/N=C\N(C)C)nc43)[C@H]2C)O[C@@H](n2cnc3c(=O)[nH]c(/N=C\N(C)C)nc32)[C@H]1C. The number of fused-ring (bicyclic) bond motifs is 2. The summed E-state index contributed by atoms with van der Waals surface area (Å²) in [6.45, 7) is 4.61. The van der Waals surface area contributed by atoms with E-state index < -0.39 is 95.3 Å². The van der Waals surface area contributed by atoms with Crippen molar-refractivity contribution in [3.8, 4) is 12.1 Å². The van der Waals surface area contributed by atoms with Crippen LogP contribution in [0, 0.1) is 34.5 Å². The predicted octanol–water partition coefficient (Wildman–Crippen LogP) is 2.82. The molecule has 2 saturated heterocycles. The van der Waals surface area contributed by atoms with Crippen LogP contribution in [0.3, 0.4) is 0 Å². The Hall–Kier alpha value is -5.54. The molecule has 0 spiro atoms. The number of imidazole rings is 2. The molecule has 10 atom stereocenters. The Labute approximate surface area is 376 Å². The number of aliphatic imine (C=N–C) groups is 2. The smallest absolute Gasteiger partial charge is 0.394 e. The van der Waals surface area contributed by atoms with Crippen LogP contribution in [-0.2, 0) is 45.7 Å². The first kappa shape index (κ1) is 49.9. The number of nitrogens with zero attached hydrogens (tertiary/aromatic N) is 12. The summed E-state index contributed by atoms with van der Waals surface area (Å²) in [5, 5.41) is 29.0. The van der Waals surface area contributed by atoms with Gasteiger partial charge >= 0.3 is 15.6 Å². The van der Waals surface area contributed by atoms with Crippen LogP contribution in [0.4, 0.5) is 11.9 Å². The van der Waals surface area contributed by atoms with Gasteiger partial charge in [-0.1, -0.05) is 19.9 Å². The van der Waals surface area contributed by atoms with Crippen molar-refractivity contribution in [2.45, 2.75) is 63.6 Å². The Morgan fingerprint density at radius 1 is 0.803 bits per heavy atom. The van der Waals surface area contributed by atoms with Crippen LogP contribution in [-0.4, -0.2) is 152 Å². The van der Waals surface area contributed by atoms with Crippen LogP contribution in [0.25, 0.3) is 22.3 Å². The van der Waals surface area contributed by atoms with E-state index in [-0.39, 0.29) is 60.3 Å². The van der Waals surface area contributed by atoms with E-state index in [0.717, 1.165) is 0 Å². The number of hydrogen-bond donors (Lipinski definition) is 3. The molecule has 6 rings (SSSR count). The monoisotopic (exact) mass is 960 g/mol.